The molecule has 0 fully saturated rings. The molecule has 1 aliphatic rings. The highest BCUT2D eigenvalue weighted by Gasteiger charge is 2.23. The Bertz CT molecular complexity index is 1310. The molecule has 0 saturated carbocycles. The quantitative estimate of drug-likeness (QED) is 0.301. The fourth-order valence-corrected chi connectivity index (χ4v) is 3.83. The van der Waals surface area contributed by atoms with Gasteiger partial charge in [-0.3, -0.25) is 5.41 Å². The third-order valence-electron chi connectivity index (χ3n) is 5.47. The van der Waals surface area contributed by atoms with Crippen molar-refractivity contribution in [3.05, 3.63) is 89.3 Å². The van der Waals surface area contributed by atoms with Gasteiger partial charge in [-0.05, 0) is 60.5 Å². The summed E-state index contributed by atoms with van der Waals surface area (Å²) in [4.78, 5) is 16.4. The second kappa shape index (κ2) is 9.50. The second-order valence-electron chi connectivity index (χ2n) is 7.69. The fourth-order valence-electron chi connectivity index (χ4n) is 3.83. The standard InChI is InChI=1S/C26H24N4O4/c1-33-22-12-9-16(13-19(22)26(31)32)21-14-20(27)23(25(28)29)24(30-21)15-7-10-18(11-8-15)34-17-5-3-2-4-6-17/h2-8,10-11,13-14H,9,12H2,1H3,(H2,27,30)(H3,28,29)(H,31,32). The van der Waals surface area contributed by atoms with E-state index in [-0.39, 0.29) is 17.1 Å². The van der Waals surface area contributed by atoms with Crippen molar-refractivity contribution in [2.45, 2.75) is 12.8 Å². The Morgan fingerprint density at radius 1 is 1.06 bits per heavy atom. The van der Waals surface area contributed by atoms with Gasteiger partial charge >= 0.3 is 5.97 Å². The summed E-state index contributed by atoms with van der Waals surface area (Å²) in [6, 6.07) is 18.3. The molecule has 0 bridgehead atoms. The number of carboxylic acids is 1. The molecule has 0 amide bonds. The maximum Gasteiger partial charge on any atom is 0.339 e. The zero-order valence-corrected chi connectivity index (χ0v) is 18.5. The monoisotopic (exact) mass is 456 g/mol. The van der Waals surface area contributed by atoms with E-state index in [2.05, 4.69) is 0 Å². The Hall–Kier alpha value is -4.59. The number of amidine groups is 1. The Morgan fingerprint density at radius 2 is 1.74 bits per heavy atom. The Kier molecular flexibility index (Phi) is 6.31. The third-order valence-corrected chi connectivity index (χ3v) is 5.47. The van der Waals surface area contributed by atoms with Crippen molar-refractivity contribution in [3.8, 4) is 22.8 Å². The van der Waals surface area contributed by atoms with E-state index in [4.69, 9.17) is 31.3 Å². The van der Waals surface area contributed by atoms with E-state index in [1.54, 1.807) is 24.3 Å². The van der Waals surface area contributed by atoms with Crippen LogP contribution in [0.25, 0.3) is 16.8 Å². The van der Waals surface area contributed by atoms with Crippen LogP contribution in [0.2, 0.25) is 0 Å². The highest BCUT2D eigenvalue weighted by atomic mass is 16.5. The molecule has 8 nitrogen and oxygen atoms in total. The summed E-state index contributed by atoms with van der Waals surface area (Å²) in [5, 5.41) is 17.6. The molecule has 0 radical (unpaired) electrons. The average molecular weight is 457 g/mol. The molecule has 0 unspecified atom stereocenters. The van der Waals surface area contributed by atoms with E-state index in [0.717, 1.165) is 0 Å². The molecule has 34 heavy (non-hydrogen) atoms. The number of methoxy groups -OCH3 is 1. The van der Waals surface area contributed by atoms with Crippen molar-refractivity contribution in [2.75, 3.05) is 12.8 Å². The first-order valence-corrected chi connectivity index (χ1v) is 10.6. The van der Waals surface area contributed by atoms with E-state index >= 15 is 0 Å². The lowest BCUT2D eigenvalue weighted by Gasteiger charge is -2.19. The van der Waals surface area contributed by atoms with Crippen LogP contribution in [-0.4, -0.2) is 29.0 Å². The lowest BCUT2D eigenvalue weighted by molar-refractivity contribution is -0.132. The largest absolute Gasteiger partial charge is 0.500 e. The normalized spacial score (nSPS) is 13.3. The number of ether oxygens (including phenoxy) is 2. The van der Waals surface area contributed by atoms with Crippen molar-refractivity contribution in [2.24, 2.45) is 5.73 Å². The van der Waals surface area contributed by atoms with Crippen molar-refractivity contribution in [1.29, 1.82) is 5.41 Å². The zero-order valence-electron chi connectivity index (χ0n) is 18.5. The van der Waals surface area contributed by atoms with Gasteiger partial charge in [0.05, 0.1) is 29.6 Å². The molecule has 4 rings (SSSR count). The number of carboxylic acid groups (broad SMARTS) is 1. The number of hydrogen-bond acceptors (Lipinski definition) is 6. The molecule has 1 aliphatic carbocycles. The second-order valence-corrected chi connectivity index (χ2v) is 7.69. The van der Waals surface area contributed by atoms with E-state index < -0.39 is 5.97 Å². The first kappa shape index (κ1) is 22.6. The van der Waals surface area contributed by atoms with Gasteiger partial charge in [0.1, 0.15) is 23.1 Å². The van der Waals surface area contributed by atoms with Crippen LogP contribution in [-0.2, 0) is 9.53 Å². The van der Waals surface area contributed by atoms with Gasteiger partial charge in [0.15, 0.2) is 0 Å². The minimum Gasteiger partial charge on any atom is -0.500 e. The first-order valence-electron chi connectivity index (χ1n) is 10.6. The van der Waals surface area contributed by atoms with Crippen LogP contribution in [0, 0.1) is 5.41 Å². The molecule has 0 saturated heterocycles. The van der Waals surface area contributed by atoms with Crippen molar-refractivity contribution in [3.63, 3.8) is 0 Å². The Labute approximate surface area is 196 Å². The minimum absolute atomic E-state index is 0.0868. The lowest BCUT2D eigenvalue weighted by Crippen LogP contribution is -2.17. The third kappa shape index (κ3) is 4.61. The first-order chi connectivity index (χ1) is 16.4. The van der Waals surface area contributed by atoms with Crippen LogP contribution in [0.5, 0.6) is 11.5 Å². The number of anilines is 1. The average Bonchev–Trinajstić information content (AvgIpc) is 2.84. The van der Waals surface area contributed by atoms with Gasteiger partial charge in [0.25, 0.3) is 0 Å². The number of rotatable bonds is 7. The van der Waals surface area contributed by atoms with Gasteiger partial charge in [0.2, 0.25) is 0 Å². The van der Waals surface area contributed by atoms with Crippen molar-refractivity contribution < 1.29 is 19.4 Å². The number of aliphatic carboxylic acids is 1. The molecule has 8 heteroatoms. The van der Waals surface area contributed by atoms with E-state index in [1.165, 1.54) is 7.11 Å². The topological polar surface area (TPSA) is 145 Å². The zero-order chi connectivity index (χ0) is 24.2. The maximum atomic E-state index is 11.7. The number of aromatic nitrogens is 1. The highest BCUT2D eigenvalue weighted by Crippen LogP contribution is 2.35. The number of para-hydroxylation sites is 1. The molecule has 172 valence electrons. The summed E-state index contributed by atoms with van der Waals surface area (Å²) in [6.07, 6.45) is 2.52. The number of nitrogens with two attached hydrogens (primary N) is 2. The number of hydrogen-bond donors (Lipinski definition) is 4. The van der Waals surface area contributed by atoms with Gasteiger partial charge in [-0.15, -0.1) is 0 Å². The molecule has 1 aromatic heterocycles. The van der Waals surface area contributed by atoms with Gasteiger partial charge in [0, 0.05) is 17.7 Å². The number of nitrogens with one attached hydrogen (secondary N) is 1. The smallest absolute Gasteiger partial charge is 0.339 e. The number of pyridine rings is 1. The van der Waals surface area contributed by atoms with E-state index in [0.29, 0.717) is 58.2 Å². The molecule has 1 heterocycles. The predicted octanol–water partition coefficient (Wildman–Crippen LogP) is 4.57. The number of carbonyl (C=O) groups is 1. The van der Waals surface area contributed by atoms with Crippen LogP contribution >= 0.6 is 0 Å². The predicted molar refractivity (Wildman–Crippen MR) is 130 cm³/mol. The summed E-state index contributed by atoms with van der Waals surface area (Å²) in [7, 11) is 1.46. The molecule has 2 aromatic carbocycles. The summed E-state index contributed by atoms with van der Waals surface area (Å²) >= 11 is 0. The number of allylic oxidation sites excluding steroid dienone is 2. The van der Waals surface area contributed by atoms with Gasteiger partial charge in [-0.1, -0.05) is 18.2 Å². The van der Waals surface area contributed by atoms with E-state index in [1.807, 2.05) is 42.5 Å². The fraction of sp³-hybridized carbons (Fsp3) is 0.115. The summed E-state index contributed by atoms with van der Waals surface area (Å²) < 4.78 is 11.1. The maximum absolute atomic E-state index is 11.7. The van der Waals surface area contributed by atoms with Crippen LogP contribution in [0.15, 0.2) is 78.1 Å². The molecule has 0 spiro atoms. The summed E-state index contributed by atoms with van der Waals surface area (Å²) in [6.45, 7) is 0. The van der Waals surface area contributed by atoms with Gasteiger partial charge < -0.3 is 26.0 Å². The number of benzene rings is 2. The molecule has 0 aliphatic heterocycles. The number of nitrogens with zero attached hydrogens (tertiary/aromatic N) is 1. The van der Waals surface area contributed by atoms with Crippen molar-refractivity contribution in [1.82, 2.24) is 4.98 Å². The molecule has 6 N–H and O–H groups in total. The van der Waals surface area contributed by atoms with Gasteiger partial charge in [-0.25, -0.2) is 9.78 Å². The van der Waals surface area contributed by atoms with Crippen molar-refractivity contribution >= 4 is 23.1 Å². The van der Waals surface area contributed by atoms with Crippen LogP contribution in [0.3, 0.4) is 0 Å². The highest BCUT2D eigenvalue weighted by molar-refractivity contribution is 6.05. The Balaban J connectivity index is 1.75. The molecule has 3 aromatic rings. The van der Waals surface area contributed by atoms with Crippen LogP contribution < -0.4 is 16.2 Å². The SMILES string of the molecule is COC1=C(C(=O)O)C=C(c2cc(N)c(C(=N)N)c(-c3ccc(Oc4ccccc4)cc3)n2)CC1. The summed E-state index contributed by atoms with van der Waals surface area (Å²) in [5.41, 5.74) is 15.2. The minimum atomic E-state index is -1.07. The van der Waals surface area contributed by atoms with E-state index in [9.17, 15) is 9.90 Å². The van der Waals surface area contributed by atoms with Crippen LogP contribution in [0.1, 0.15) is 24.1 Å². The molecule has 0 atom stereocenters. The molecular formula is C26H24N4O4. The Morgan fingerprint density at radius 3 is 2.35 bits per heavy atom. The summed E-state index contributed by atoms with van der Waals surface area (Å²) in [5.74, 6) is 0.491. The molecular weight excluding hydrogens is 432 g/mol. The lowest BCUT2D eigenvalue weighted by atomic mass is 9.93. The number of nitrogen functional groups attached to an aromatic ring is 2. The van der Waals surface area contributed by atoms with Crippen LogP contribution in [0.4, 0.5) is 5.69 Å². The van der Waals surface area contributed by atoms with Gasteiger partial charge in [-0.2, -0.15) is 0 Å².